The first-order chi connectivity index (χ1) is 7.45. The number of nitrogens with one attached hydrogen (secondary N) is 1. The zero-order chi connectivity index (χ0) is 12.3. The summed E-state index contributed by atoms with van der Waals surface area (Å²) in [4.78, 5) is 21.5. The summed E-state index contributed by atoms with van der Waals surface area (Å²) in [5.41, 5.74) is 1.95. The molecule has 5 heteroatoms. The van der Waals surface area contributed by atoms with Gasteiger partial charge in [-0.2, -0.15) is 0 Å². The molecule has 0 aliphatic carbocycles. The summed E-state index contributed by atoms with van der Waals surface area (Å²) < 4.78 is 0. The summed E-state index contributed by atoms with van der Waals surface area (Å²) in [5, 5.41) is 13.3. The number of benzene rings is 1. The summed E-state index contributed by atoms with van der Waals surface area (Å²) >= 11 is 0. The van der Waals surface area contributed by atoms with Crippen molar-refractivity contribution in [2.45, 2.75) is 27.2 Å². The molecule has 16 heavy (non-hydrogen) atoms. The lowest BCUT2D eigenvalue weighted by atomic mass is 10.1. The zero-order valence-electron chi connectivity index (χ0n) is 9.53. The lowest BCUT2D eigenvalue weighted by Crippen LogP contribution is -2.11. The number of aryl methyl sites for hydroxylation is 2. The average Bonchev–Trinajstić information content (AvgIpc) is 2.22. The molecule has 0 saturated carbocycles. The van der Waals surface area contributed by atoms with Crippen LogP contribution in [0.15, 0.2) is 12.1 Å². The third-order valence-corrected chi connectivity index (χ3v) is 2.40. The van der Waals surface area contributed by atoms with Crippen molar-refractivity contribution in [3.63, 3.8) is 0 Å². The molecule has 1 aromatic rings. The molecule has 0 unspecified atom stereocenters. The third kappa shape index (κ3) is 2.56. The minimum absolute atomic E-state index is 0.0649. The first-order valence-corrected chi connectivity index (χ1v) is 5.01. The van der Waals surface area contributed by atoms with Crippen LogP contribution in [0.2, 0.25) is 0 Å². The number of hydrogen-bond acceptors (Lipinski definition) is 3. The molecular weight excluding hydrogens is 208 g/mol. The van der Waals surface area contributed by atoms with Crippen LogP contribution < -0.4 is 5.32 Å². The number of anilines is 1. The first-order valence-electron chi connectivity index (χ1n) is 5.01. The van der Waals surface area contributed by atoms with Gasteiger partial charge in [0.15, 0.2) is 0 Å². The molecule has 0 fully saturated rings. The lowest BCUT2D eigenvalue weighted by Gasteiger charge is -2.07. The molecule has 0 radical (unpaired) electrons. The van der Waals surface area contributed by atoms with Crippen molar-refractivity contribution >= 4 is 17.3 Å². The Labute approximate surface area is 93.6 Å². The van der Waals surface area contributed by atoms with Gasteiger partial charge in [-0.3, -0.25) is 14.9 Å². The number of nitrogens with zero attached hydrogens (tertiary/aromatic N) is 1. The lowest BCUT2D eigenvalue weighted by molar-refractivity contribution is -0.384. The fourth-order valence-corrected chi connectivity index (χ4v) is 1.29. The van der Waals surface area contributed by atoms with E-state index in [2.05, 4.69) is 5.32 Å². The maximum Gasteiger partial charge on any atom is 0.293 e. The van der Waals surface area contributed by atoms with Crippen molar-refractivity contribution in [2.24, 2.45) is 0 Å². The Hall–Kier alpha value is -1.91. The van der Waals surface area contributed by atoms with E-state index in [4.69, 9.17) is 0 Å². The molecule has 1 rings (SSSR count). The van der Waals surface area contributed by atoms with Gasteiger partial charge in [-0.1, -0.05) is 6.92 Å². The second-order valence-electron chi connectivity index (χ2n) is 3.61. The Kier molecular flexibility index (Phi) is 3.60. The van der Waals surface area contributed by atoms with Gasteiger partial charge >= 0.3 is 0 Å². The predicted octanol–water partition coefficient (Wildman–Crippen LogP) is 2.56. The molecule has 0 atom stereocenters. The van der Waals surface area contributed by atoms with E-state index in [0.717, 1.165) is 11.1 Å². The Morgan fingerprint density at radius 2 is 1.94 bits per heavy atom. The highest BCUT2D eigenvalue weighted by Gasteiger charge is 2.16. The van der Waals surface area contributed by atoms with E-state index in [1.807, 2.05) is 6.92 Å². The molecule has 1 aromatic carbocycles. The van der Waals surface area contributed by atoms with E-state index in [1.165, 1.54) is 6.07 Å². The van der Waals surface area contributed by atoms with Crippen LogP contribution in [0.1, 0.15) is 24.5 Å². The molecule has 0 aromatic heterocycles. The highest BCUT2D eigenvalue weighted by Crippen LogP contribution is 2.27. The Bertz CT molecular complexity index is 441. The third-order valence-electron chi connectivity index (χ3n) is 2.40. The normalized spacial score (nSPS) is 9.94. The molecule has 1 amide bonds. The Morgan fingerprint density at radius 1 is 1.38 bits per heavy atom. The first kappa shape index (κ1) is 12.2. The summed E-state index contributed by atoms with van der Waals surface area (Å²) in [6.07, 6.45) is 0.296. The minimum Gasteiger partial charge on any atom is -0.320 e. The van der Waals surface area contributed by atoms with Crippen LogP contribution in [0.3, 0.4) is 0 Å². The summed E-state index contributed by atoms with van der Waals surface area (Å²) in [6.45, 7) is 5.34. The largest absolute Gasteiger partial charge is 0.320 e. The van der Waals surface area contributed by atoms with Crippen molar-refractivity contribution in [3.05, 3.63) is 33.4 Å². The molecule has 0 spiro atoms. The molecular formula is C11H14N2O3. The number of amides is 1. The van der Waals surface area contributed by atoms with Gasteiger partial charge in [0.2, 0.25) is 5.91 Å². The molecule has 0 aliphatic rings. The Balaban J connectivity index is 3.19. The average molecular weight is 222 g/mol. The van der Waals surface area contributed by atoms with Crippen LogP contribution in [0.4, 0.5) is 11.4 Å². The maximum absolute atomic E-state index is 11.2. The SMILES string of the molecule is CCC(=O)Nc1cc(C)c(C)cc1[N+](=O)[O-]. The standard InChI is InChI=1S/C11H14N2O3/c1-4-11(14)12-9-5-7(2)8(3)6-10(9)13(15)16/h5-6H,4H2,1-3H3,(H,12,14). The number of hydrogen-bond donors (Lipinski definition) is 1. The van der Waals surface area contributed by atoms with E-state index in [9.17, 15) is 14.9 Å². The van der Waals surface area contributed by atoms with Gasteiger partial charge in [0, 0.05) is 12.5 Å². The van der Waals surface area contributed by atoms with E-state index in [1.54, 1.807) is 19.9 Å². The number of nitro groups is 1. The van der Waals surface area contributed by atoms with Gasteiger partial charge in [0.05, 0.1) is 4.92 Å². The molecule has 86 valence electrons. The predicted molar refractivity (Wildman–Crippen MR) is 61.5 cm³/mol. The van der Waals surface area contributed by atoms with E-state index in [0.29, 0.717) is 6.42 Å². The minimum atomic E-state index is -0.488. The van der Waals surface area contributed by atoms with Gasteiger partial charge < -0.3 is 5.32 Å². The van der Waals surface area contributed by atoms with Crippen molar-refractivity contribution in [1.29, 1.82) is 0 Å². The highest BCUT2D eigenvalue weighted by molar-refractivity contribution is 5.93. The van der Waals surface area contributed by atoms with E-state index < -0.39 is 4.92 Å². The molecule has 0 aliphatic heterocycles. The van der Waals surface area contributed by atoms with Crippen LogP contribution in [-0.2, 0) is 4.79 Å². The highest BCUT2D eigenvalue weighted by atomic mass is 16.6. The van der Waals surface area contributed by atoms with Gasteiger partial charge in [0.25, 0.3) is 5.69 Å². The topological polar surface area (TPSA) is 72.2 Å². The van der Waals surface area contributed by atoms with Crippen LogP contribution in [-0.4, -0.2) is 10.8 Å². The van der Waals surface area contributed by atoms with Crippen molar-refractivity contribution in [3.8, 4) is 0 Å². The summed E-state index contributed by atoms with van der Waals surface area (Å²) in [6, 6.07) is 3.10. The molecule has 0 heterocycles. The number of carbonyl (C=O) groups excluding carboxylic acids is 1. The zero-order valence-corrected chi connectivity index (χ0v) is 9.53. The van der Waals surface area contributed by atoms with Gasteiger partial charge in [0.1, 0.15) is 5.69 Å². The van der Waals surface area contributed by atoms with Gasteiger partial charge in [-0.25, -0.2) is 0 Å². The van der Waals surface area contributed by atoms with Crippen LogP contribution in [0, 0.1) is 24.0 Å². The van der Waals surface area contributed by atoms with Crippen molar-refractivity contribution in [1.82, 2.24) is 0 Å². The van der Waals surface area contributed by atoms with Crippen LogP contribution >= 0.6 is 0 Å². The monoisotopic (exact) mass is 222 g/mol. The summed E-state index contributed by atoms with van der Waals surface area (Å²) in [7, 11) is 0. The molecule has 0 saturated heterocycles. The molecule has 1 N–H and O–H groups in total. The number of nitro benzene ring substituents is 1. The van der Waals surface area contributed by atoms with E-state index >= 15 is 0 Å². The Morgan fingerprint density at radius 3 is 2.44 bits per heavy atom. The maximum atomic E-state index is 11.2. The van der Waals surface area contributed by atoms with E-state index in [-0.39, 0.29) is 17.3 Å². The van der Waals surface area contributed by atoms with Gasteiger partial charge in [-0.15, -0.1) is 0 Å². The van der Waals surface area contributed by atoms with Gasteiger partial charge in [-0.05, 0) is 31.0 Å². The molecule has 0 bridgehead atoms. The smallest absolute Gasteiger partial charge is 0.293 e. The number of rotatable bonds is 3. The molecule has 5 nitrogen and oxygen atoms in total. The quantitative estimate of drug-likeness (QED) is 0.631. The second-order valence-corrected chi connectivity index (χ2v) is 3.61. The summed E-state index contributed by atoms with van der Waals surface area (Å²) in [5.74, 6) is -0.230. The van der Waals surface area contributed by atoms with Crippen LogP contribution in [0.25, 0.3) is 0 Å². The van der Waals surface area contributed by atoms with Crippen molar-refractivity contribution in [2.75, 3.05) is 5.32 Å². The fraction of sp³-hybridized carbons (Fsp3) is 0.364. The second kappa shape index (κ2) is 4.74. The fourth-order valence-electron chi connectivity index (χ4n) is 1.29. The van der Waals surface area contributed by atoms with Crippen LogP contribution in [0.5, 0.6) is 0 Å². The number of carbonyl (C=O) groups is 1. The van der Waals surface area contributed by atoms with Crippen molar-refractivity contribution < 1.29 is 9.72 Å².